The molecule has 0 atom stereocenters. The second kappa shape index (κ2) is 11.7. The van der Waals surface area contributed by atoms with Gasteiger partial charge >= 0.3 is 0 Å². The Hall–Kier alpha value is -3.35. The zero-order valence-electron chi connectivity index (χ0n) is 18.8. The molecule has 164 valence electrons. The highest BCUT2D eigenvalue weighted by Crippen LogP contribution is 2.10. The summed E-state index contributed by atoms with van der Waals surface area (Å²) in [5, 5.41) is 15.2. The first-order chi connectivity index (χ1) is 15.1. The van der Waals surface area contributed by atoms with Crippen LogP contribution in [-0.2, 0) is 20.0 Å². The van der Waals surface area contributed by atoms with Crippen molar-refractivity contribution in [3.63, 3.8) is 0 Å². The number of aliphatic imine (C=N–C) groups is 1. The molecule has 31 heavy (non-hydrogen) atoms. The van der Waals surface area contributed by atoms with Crippen LogP contribution in [0.4, 0.5) is 5.69 Å². The number of guanidine groups is 1. The third-order valence-electron chi connectivity index (χ3n) is 5.27. The molecule has 1 aromatic heterocycles. The van der Waals surface area contributed by atoms with Crippen LogP contribution in [0.1, 0.15) is 23.6 Å². The molecule has 1 heterocycles. The van der Waals surface area contributed by atoms with E-state index in [1.165, 1.54) is 11.3 Å². The van der Waals surface area contributed by atoms with Crippen molar-refractivity contribution in [2.24, 2.45) is 12.0 Å². The largest absolute Gasteiger partial charge is 0.375 e. The molecular weight excluding hydrogens is 386 g/mol. The smallest absolute Gasteiger partial charge is 0.191 e. The predicted octanol–water partition coefficient (Wildman–Crippen LogP) is 2.93. The maximum absolute atomic E-state index is 4.73. The Morgan fingerprint density at radius 2 is 1.65 bits per heavy atom. The molecule has 2 aromatic carbocycles. The van der Waals surface area contributed by atoms with E-state index in [1.54, 1.807) is 0 Å². The highest BCUT2D eigenvalue weighted by atomic mass is 15.3. The van der Waals surface area contributed by atoms with Gasteiger partial charge in [0, 0.05) is 39.4 Å². The van der Waals surface area contributed by atoms with Gasteiger partial charge in [0.05, 0.1) is 0 Å². The van der Waals surface area contributed by atoms with E-state index in [-0.39, 0.29) is 0 Å². The number of para-hydroxylation sites is 1. The van der Waals surface area contributed by atoms with E-state index in [0.717, 1.165) is 50.1 Å². The van der Waals surface area contributed by atoms with Crippen LogP contribution in [0, 0.1) is 6.92 Å². The molecule has 0 aliphatic carbocycles. The molecule has 3 rings (SSSR count). The molecule has 0 saturated heterocycles. The molecule has 0 aliphatic rings. The van der Waals surface area contributed by atoms with E-state index >= 15 is 0 Å². The van der Waals surface area contributed by atoms with Crippen molar-refractivity contribution in [3.05, 3.63) is 77.9 Å². The molecule has 7 nitrogen and oxygen atoms in total. The standard InChI is InChI=1S/C24H33N7/c1-20-28-29-23(31(20)3)19-27-24(26-17-15-21-11-6-4-7-12-21)25-16-10-18-30(2)22-13-8-5-9-14-22/h4-9,11-14H,10,15-19H2,1-3H3,(H2,25,26,27). The highest BCUT2D eigenvalue weighted by Gasteiger charge is 2.06. The van der Waals surface area contributed by atoms with Crippen molar-refractivity contribution >= 4 is 11.6 Å². The average Bonchev–Trinajstić information content (AvgIpc) is 3.13. The summed E-state index contributed by atoms with van der Waals surface area (Å²) in [5.74, 6) is 2.55. The molecule has 0 unspecified atom stereocenters. The lowest BCUT2D eigenvalue weighted by Crippen LogP contribution is -2.39. The summed E-state index contributed by atoms with van der Waals surface area (Å²) in [5.41, 5.74) is 2.54. The third-order valence-corrected chi connectivity index (χ3v) is 5.27. The number of benzene rings is 2. The van der Waals surface area contributed by atoms with E-state index in [2.05, 4.69) is 81.3 Å². The van der Waals surface area contributed by atoms with Crippen molar-refractivity contribution in [3.8, 4) is 0 Å². The minimum atomic E-state index is 0.488. The van der Waals surface area contributed by atoms with Gasteiger partial charge in [-0.05, 0) is 37.5 Å². The summed E-state index contributed by atoms with van der Waals surface area (Å²) in [6, 6.07) is 20.9. The normalized spacial score (nSPS) is 11.4. The summed E-state index contributed by atoms with van der Waals surface area (Å²) in [4.78, 5) is 7.00. The number of rotatable bonds is 10. The third kappa shape index (κ3) is 7.13. The fraction of sp³-hybridized carbons (Fsp3) is 0.375. The monoisotopic (exact) mass is 419 g/mol. The first-order valence-electron chi connectivity index (χ1n) is 10.8. The van der Waals surface area contributed by atoms with Gasteiger partial charge in [0.25, 0.3) is 0 Å². The minimum absolute atomic E-state index is 0.488. The average molecular weight is 420 g/mol. The maximum atomic E-state index is 4.73. The summed E-state index contributed by atoms with van der Waals surface area (Å²) >= 11 is 0. The second-order valence-electron chi connectivity index (χ2n) is 7.59. The van der Waals surface area contributed by atoms with Gasteiger partial charge in [-0.3, -0.25) is 0 Å². The van der Waals surface area contributed by atoms with E-state index in [9.17, 15) is 0 Å². The summed E-state index contributed by atoms with van der Waals surface area (Å²) in [7, 11) is 4.09. The van der Waals surface area contributed by atoms with Crippen molar-refractivity contribution < 1.29 is 0 Å². The van der Waals surface area contributed by atoms with Gasteiger partial charge in [-0.25, -0.2) is 4.99 Å². The van der Waals surface area contributed by atoms with Crippen LogP contribution in [0.2, 0.25) is 0 Å². The lowest BCUT2D eigenvalue weighted by molar-refractivity contribution is 0.715. The number of hydrogen-bond donors (Lipinski definition) is 2. The number of anilines is 1. The van der Waals surface area contributed by atoms with Gasteiger partial charge in [-0.1, -0.05) is 48.5 Å². The van der Waals surface area contributed by atoms with E-state index in [4.69, 9.17) is 4.99 Å². The number of nitrogens with zero attached hydrogens (tertiary/aromatic N) is 5. The van der Waals surface area contributed by atoms with Crippen molar-refractivity contribution in [1.82, 2.24) is 25.4 Å². The maximum Gasteiger partial charge on any atom is 0.191 e. The van der Waals surface area contributed by atoms with Crippen LogP contribution in [-0.4, -0.2) is 47.4 Å². The van der Waals surface area contributed by atoms with Crippen LogP contribution in [0.25, 0.3) is 0 Å². The highest BCUT2D eigenvalue weighted by molar-refractivity contribution is 5.79. The Balaban J connectivity index is 1.51. The number of aromatic nitrogens is 3. The zero-order valence-corrected chi connectivity index (χ0v) is 18.8. The van der Waals surface area contributed by atoms with E-state index in [0.29, 0.717) is 6.54 Å². The van der Waals surface area contributed by atoms with Crippen LogP contribution in [0.15, 0.2) is 65.7 Å². The van der Waals surface area contributed by atoms with Crippen LogP contribution >= 0.6 is 0 Å². The second-order valence-corrected chi connectivity index (χ2v) is 7.59. The molecule has 0 saturated carbocycles. The fourth-order valence-electron chi connectivity index (χ4n) is 3.22. The van der Waals surface area contributed by atoms with Gasteiger partial charge in [-0.15, -0.1) is 10.2 Å². The van der Waals surface area contributed by atoms with Crippen LogP contribution in [0.5, 0.6) is 0 Å². The molecule has 0 aliphatic heterocycles. The molecule has 0 amide bonds. The summed E-state index contributed by atoms with van der Waals surface area (Å²) in [6.45, 7) is 5.06. The predicted molar refractivity (Wildman–Crippen MR) is 127 cm³/mol. The lowest BCUT2D eigenvalue weighted by atomic mass is 10.1. The Morgan fingerprint density at radius 1 is 0.968 bits per heavy atom. The number of aryl methyl sites for hydroxylation is 1. The molecule has 7 heteroatoms. The van der Waals surface area contributed by atoms with Crippen molar-refractivity contribution in [2.75, 3.05) is 31.6 Å². The van der Waals surface area contributed by atoms with Gasteiger partial charge < -0.3 is 20.1 Å². The van der Waals surface area contributed by atoms with Gasteiger partial charge in [-0.2, -0.15) is 0 Å². The zero-order chi connectivity index (χ0) is 21.9. The first-order valence-corrected chi connectivity index (χ1v) is 10.8. The van der Waals surface area contributed by atoms with Gasteiger partial charge in [0.1, 0.15) is 12.4 Å². The van der Waals surface area contributed by atoms with Crippen LogP contribution in [0.3, 0.4) is 0 Å². The molecule has 3 aromatic rings. The lowest BCUT2D eigenvalue weighted by Gasteiger charge is -2.19. The Kier molecular flexibility index (Phi) is 8.46. The van der Waals surface area contributed by atoms with Crippen molar-refractivity contribution in [2.45, 2.75) is 26.3 Å². The molecule has 0 spiro atoms. The number of hydrogen-bond acceptors (Lipinski definition) is 4. The Morgan fingerprint density at radius 3 is 2.32 bits per heavy atom. The topological polar surface area (TPSA) is 70.4 Å². The summed E-state index contributed by atoms with van der Waals surface area (Å²) in [6.07, 6.45) is 1.95. The quantitative estimate of drug-likeness (QED) is 0.300. The fourth-order valence-corrected chi connectivity index (χ4v) is 3.22. The first kappa shape index (κ1) is 22.3. The molecule has 0 bridgehead atoms. The van der Waals surface area contributed by atoms with E-state index in [1.807, 2.05) is 30.7 Å². The Labute approximate surface area is 185 Å². The SMILES string of the molecule is Cc1nnc(CN=C(NCCCN(C)c2ccccc2)NCCc2ccccc2)n1C. The van der Waals surface area contributed by atoms with Gasteiger partial charge in [0.2, 0.25) is 0 Å². The molecule has 0 radical (unpaired) electrons. The van der Waals surface area contributed by atoms with Gasteiger partial charge in [0.15, 0.2) is 11.8 Å². The molecule has 0 fully saturated rings. The van der Waals surface area contributed by atoms with Crippen LogP contribution < -0.4 is 15.5 Å². The summed E-state index contributed by atoms with van der Waals surface area (Å²) < 4.78 is 1.97. The number of nitrogens with one attached hydrogen (secondary N) is 2. The Bertz CT molecular complexity index is 935. The van der Waals surface area contributed by atoms with Crippen molar-refractivity contribution in [1.29, 1.82) is 0 Å². The van der Waals surface area contributed by atoms with E-state index < -0.39 is 0 Å². The minimum Gasteiger partial charge on any atom is -0.375 e. The molecule has 2 N–H and O–H groups in total. The molecular formula is C24H33N7.